The van der Waals surface area contributed by atoms with E-state index in [1.165, 1.54) is 23.5 Å². The summed E-state index contributed by atoms with van der Waals surface area (Å²) in [6.45, 7) is 0. The summed E-state index contributed by atoms with van der Waals surface area (Å²) in [4.78, 5) is 0.949. The molecular weight excluding hydrogens is 297 g/mol. The average molecular weight is 308 g/mol. The number of anilines is 1. The molecule has 3 aromatic rings. The summed E-state index contributed by atoms with van der Waals surface area (Å²) in [5, 5.41) is 6.74. The predicted octanol–water partition coefficient (Wildman–Crippen LogP) is 4.19. The van der Waals surface area contributed by atoms with Gasteiger partial charge in [-0.2, -0.15) is 5.10 Å². The Labute approximate surface area is 124 Å². The standard InChI is InChI=1S/C14H11ClFN3S/c1-19-14(17)12(11-3-2-6-20-11)13(18-19)9-7-8(15)4-5-10(9)16/h2-7H,17H2,1H3. The maximum atomic E-state index is 14.1. The van der Waals surface area contributed by atoms with E-state index in [0.717, 1.165) is 10.4 Å². The van der Waals surface area contributed by atoms with Crippen molar-refractivity contribution in [3.63, 3.8) is 0 Å². The van der Waals surface area contributed by atoms with Gasteiger partial charge in [-0.3, -0.25) is 4.68 Å². The Balaban J connectivity index is 2.30. The number of hydrogen-bond acceptors (Lipinski definition) is 3. The molecule has 0 spiro atoms. The Morgan fingerprint density at radius 3 is 2.85 bits per heavy atom. The number of nitrogen functional groups attached to an aromatic ring is 1. The normalized spacial score (nSPS) is 10.9. The zero-order valence-electron chi connectivity index (χ0n) is 10.6. The van der Waals surface area contributed by atoms with Crippen LogP contribution in [0, 0.1) is 5.82 Å². The molecule has 0 atom stereocenters. The second kappa shape index (κ2) is 4.92. The lowest BCUT2D eigenvalue weighted by Crippen LogP contribution is -1.97. The summed E-state index contributed by atoms with van der Waals surface area (Å²) < 4.78 is 15.6. The van der Waals surface area contributed by atoms with E-state index in [2.05, 4.69) is 5.10 Å². The fourth-order valence-electron chi connectivity index (χ4n) is 2.07. The number of thiophene rings is 1. The van der Waals surface area contributed by atoms with Crippen LogP contribution in [0.2, 0.25) is 5.02 Å². The fraction of sp³-hybridized carbons (Fsp3) is 0.0714. The second-order valence-electron chi connectivity index (χ2n) is 4.33. The highest BCUT2D eigenvalue weighted by Crippen LogP contribution is 2.39. The molecule has 0 unspecified atom stereocenters. The summed E-state index contributed by atoms with van der Waals surface area (Å²) in [6.07, 6.45) is 0. The molecule has 3 rings (SSSR count). The van der Waals surface area contributed by atoms with Crippen LogP contribution in [0.4, 0.5) is 10.2 Å². The van der Waals surface area contributed by atoms with Crippen LogP contribution in [0.25, 0.3) is 21.7 Å². The lowest BCUT2D eigenvalue weighted by atomic mass is 10.1. The largest absolute Gasteiger partial charge is 0.383 e. The highest BCUT2D eigenvalue weighted by atomic mass is 35.5. The number of hydrogen-bond donors (Lipinski definition) is 1. The number of halogens is 2. The molecule has 6 heteroatoms. The lowest BCUT2D eigenvalue weighted by molar-refractivity contribution is 0.630. The first-order valence-electron chi connectivity index (χ1n) is 5.89. The van der Waals surface area contributed by atoms with Gasteiger partial charge in [-0.25, -0.2) is 4.39 Å². The van der Waals surface area contributed by atoms with Crippen LogP contribution in [-0.2, 0) is 7.05 Å². The van der Waals surface area contributed by atoms with Crippen LogP contribution in [0.5, 0.6) is 0 Å². The predicted molar refractivity (Wildman–Crippen MR) is 81.3 cm³/mol. The highest BCUT2D eigenvalue weighted by molar-refractivity contribution is 7.13. The van der Waals surface area contributed by atoms with Gasteiger partial charge in [0, 0.05) is 22.5 Å². The molecule has 0 amide bonds. The van der Waals surface area contributed by atoms with Crippen molar-refractivity contribution in [1.82, 2.24) is 9.78 Å². The fourth-order valence-corrected chi connectivity index (χ4v) is 3.02. The maximum Gasteiger partial charge on any atom is 0.132 e. The monoisotopic (exact) mass is 307 g/mol. The van der Waals surface area contributed by atoms with Gasteiger partial charge in [-0.1, -0.05) is 17.7 Å². The maximum absolute atomic E-state index is 14.1. The molecule has 0 saturated heterocycles. The SMILES string of the molecule is Cn1nc(-c2cc(Cl)ccc2F)c(-c2cccs2)c1N. The molecule has 20 heavy (non-hydrogen) atoms. The van der Waals surface area contributed by atoms with Gasteiger partial charge in [0.15, 0.2) is 0 Å². The van der Waals surface area contributed by atoms with Gasteiger partial charge < -0.3 is 5.73 Å². The Kier molecular flexibility index (Phi) is 3.23. The zero-order chi connectivity index (χ0) is 14.3. The van der Waals surface area contributed by atoms with Gasteiger partial charge in [-0.05, 0) is 29.6 Å². The highest BCUT2D eigenvalue weighted by Gasteiger charge is 2.20. The Morgan fingerprint density at radius 2 is 2.15 bits per heavy atom. The van der Waals surface area contributed by atoms with Crippen molar-refractivity contribution in [2.24, 2.45) is 7.05 Å². The molecule has 3 nitrogen and oxygen atoms in total. The van der Waals surface area contributed by atoms with Gasteiger partial charge in [0.05, 0.1) is 5.56 Å². The Bertz CT molecular complexity index is 765. The van der Waals surface area contributed by atoms with Crippen molar-refractivity contribution in [1.29, 1.82) is 0 Å². The third-order valence-electron chi connectivity index (χ3n) is 3.04. The van der Waals surface area contributed by atoms with Crippen LogP contribution in [0.15, 0.2) is 35.7 Å². The Morgan fingerprint density at radius 1 is 1.35 bits per heavy atom. The molecule has 2 heterocycles. The molecule has 0 aliphatic rings. The molecule has 0 fully saturated rings. The number of nitrogens with two attached hydrogens (primary N) is 1. The van der Waals surface area contributed by atoms with E-state index in [0.29, 0.717) is 22.1 Å². The van der Waals surface area contributed by atoms with Gasteiger partial charge in [0.1, 0.15) is 17.3 Å². The van der Waals surface area contributed by atoms with Gasteiger partial charge in [0.2, 0.25) is 0 Å². The van der Waals surface area contributed by atoms with E-state index < -0.39 is 0 Å². The number of aryl methyl sites for hydroxylation is 1. The summed E-state index contributed by atoms with van der Waals surface area (Å²) >= 11 is 7.49. The van der Waals surface area contributed by atoms with Crippen molar-refractivity contribution in [2.75, 3.05) is 5.73 Å². The number of aromatic nitrogens is 2. The van der Waals surface area contributed by atoms with E-state index in [1.807, 2.05) is 17.5 Å². The zero-order valence-corrected chi connectivity index (χ0v) is 12.2. The van der Waals surface area contributed by atoms with Gasteiger partial charge in [-0.15, -0.1) is 11.3 Å². The summed E-state index contributed by atoms with van der Waals surface area (Å²) in [5.41, 5.74) is 7.67. The van der Waals surface area contributed by atoms with Crippen LogP contribution in [-0.4, -0.2) is 9.78 Å². The average Bonchev–Trinajstić information content (AvgIpc) is 3.02. The van der Waals surface area contributed by atoms with E-state index in [4.69, 9.17) is 17.3 Å². The van der Waals surface area contributed by atoms with Crippen LogP contribution < -0.4 is 5.73 Å². The quantitative estimate of drug-likeness (QED) is 0.771. The van der Waals surface area contributed by atoms with Crippen LogP contribution in [0.1, 0.15) is 0 Å². The van der Waals surface area contributed by atoms with E-state index in [-0.39, 0.29) is 5.82 Å². The first-order chi connectivity index (χ1) is 9.58. The van der Waals surface area contributed by atoms with Crippen molar-refractivity contribution in [2.45, 2.75) is 0 Å². The van der Waals surface area contributed by atoms with Crippen LogP contribution >= 0.6 is 22.9 Å². The minimum Gasteiger partial charge on any atom is -0.383 e. The molecule has 2 N–H and O–H groups in total. The second-order valence-corrected chi connectivity index (χ2v) is 5.72. The van der Waals surface area contributed by atoms with Crippen molar-refractivity contribution in [3.8, 4) is 21.7 Å². The first-order valence-corrected chi connectivity index (χ1v) is 7.15. The molecule has 0 aliphatic heterocycles. The molecule has 0 radical (unpaired) electrons. The lowest BCUT2D eigenvalue weighted by Gasteiger charge is -2.04. The first kappa shape index (κ1) is 13.1. The van der Waals surface area contributed by atoms with Crippen molar-refractivity contribution in [3.05, 3.63) is 46.6 Å². The summed E-state index contributed by atoms with van der Waals surface area (Å²) in [7, 11) is 1.73. The minimum absolute atomic E-state index is 0.355. The molecule has 0 saturated carbocycles. The molecule has 1 aromatic carbocycles. The van der Waals surface area contributed by atoms with Gasteiger partial charge in [0.25, 0.3) is 0 Å². The molecule has 102 valence electrons. The number of rotatable bonds is 2. The number of nitrogens with zero attached hydrogens (tertiary/aromatic N) is 2. The summed E-state index contributed by atoms with van der Waals surface area (Å²) in [6, 6.07) is 8.27. The number of benzene rings is 1. The van der Waals surface area contributed by atoms with E-state index in [9.17, 15) is 4.39 Å². The third-order valence-corrected chi connectivity index (χ3v) is 4.17. The summed E-state index contributed by atoms with van der Waals surface area (Å²) in [5.74, 6) is 0.132. The van der Waals surface area contributed by atoms with Crippen molar-refractivity contribution >= 4 is 28.8 Å². The van der Waals surface area contributed by atoms with Crippen molar-refractivity contribution < 1.29 is 4.39 Å². The third kappa shape index (κ3) is 2.09. The Hall–Kier alpha value is -1.85. The topological polar surface area (TPSA) is 43.8 Å². The van der Waals surface area contributed by atoms with Crippen LogP contribution in [0.3, 0.4) is 0 Å². The molecule has 0 aliphatic carbocycles. The molecular formula is C14H11ClFN3S. The molecule has 2 aromatic heterocycles. The van der Waals surface area contributed by atoms with Gasteiger partial charge >= 0.3 is 0 Å². The smallest absolute Gasteiger partial charge is 0.132 e. The van der Waals surface area contributed by atoms with E-state index >= 15 is 0 Å². The van der Waals surface area contributed by atoms with E-state index in [1.54, 1.807) is 17.8 Å². The molecule has 0 bridgehead atoms. The minimum atomic E-state index is -0.370.